The van der Waals surface area contributed by atoms with E-state index in [1.54, 1.807) is 0 Å². The van der Waals surface area contributed by atoms with Crippen molar-refractivity contribution in [3.63, 3.8) is 0 Å². The third-order valence-electron chi connectivity index (χ3n) is 3.13. The summed E-state index contributed by atoms with van der Waals surface area (Å²) in [5.41, 5.74) is 1.82. The molecule has 21 heavy (non-hydrogen) atoms. The summed E-state index contributed by atoms with van der Waals surface area (Å²) in [6, 6.07) is 11.8. The Morgan fingerprint density at radius 2 is 2.10 bits per heavy atom. The molecule has 0 N–H and O–H groups in total. The molecule has 112 valence electrons. The number of carbonyl (C=O) groups is 1. The number of nitrogens with zero attached hydrogens (tertiary/aromatic N) is 2. The summed E-state index contributed by atoms with van der Waals surface area (Å²) in [7, 11) is 1.40. The van der Waals surface area contributed by atoms with Crippen molar-refractivity contribution < 1.29 is 14.1 Å². The molecule has 0 fully saturated rings. The molecule has 0 saturated carbocycles. The Labute approximate surface area is 124 Å². The Hall–Kier alpha value is -2.14. The van der Waals surface area contributed by atoms with Gasteiger partial charge in [-0.25, -0.2) is 0 Å². The normalized spacial score (nSPS) is 10.8. The van der Waals surface area contributed by atoms with E-state index in [4.69, 9.17) is 9.26 Å². The molecule has 5 nitrogen and oxygen atoms in total. The number of hydrogen-bond acceptors (Lipinski definition) is 5. The average molecular weight is 288 g/mol. The molecular formula is C16H20N2O3. The summed E-state index contributed by atoms with van der Waals surface area (Å²) in [6.07, 6.45) is 0.955. The number of hydrogen-bond donors (Lipinski definition) is 0. The fourth-order valence-electron chi connectivity index (χ4n) is 2.13. The van der Waals surface area contributed by atoms with Gasteiger partial charge in [-0.2, -0.15) is 0 Å². The molecule has 0 aliphatic carbocycles. The highest BCUT2D eigenvalue weighted by Gasteiger charge is 2.14. The molecule has 1 heterocycles. The number of esters is 1. The van der Waals surface area contributed by atoms with E-state index in [0.717, 1.165) is 30.0 Å². The van der Waals surface area contributed by atoms with Crippen LogP contribution in [0.4, 0.5) is 0 Å². The predicted molar refractivity (Wildman–Crippen MR) is 79.5 cm³/mol. The minimum Gasteiger partial charge on any atom is -0.468 e. The van der Waals surface area contributed by atoms with Gasteiger partial charge >= 0.3 is 5.97 Å². The molecule has 0 unspecified atom stereocenters. The number of benzene rings is 1. The molecule has 0 aliphatic heterocycles. The number of methoxy groups -OCH3 is 1. The van der Waals surface area contributed by atoms with Crippen molar-refractivity contribution in [2.24, 2.45) is 0 Å². The zero-order valence-electron chi connectivity index (χ0n) is 12.4. The van der Waals surface area contributed by atoms with E-state index in [1.165, 1.54) is 7.11 Å². The molecule has 0 spiro atoms. The van der Waals surface area contributed by atoms with Crippen molar-refractivity contribution in [3.05, 3.63) is 42.2 Å². The van der Waals surface area contributed by atoms with Gasteiger partial charge in [0.05, 0.1) is 20.2 Å². The van der Waals surface area contributed by atoms with Crippen LogP contribution >= 0.6 is 0 Å². The zero-order valence-corrected chi connectivity index (χ0v) is 12.4. The van der Waals surface area contributed by atoms with Gasteiger partial charge in [-0.3, -0.25) is 9.69 Å². The molecule has 2 rings (SSSR count). The van der Waals surface area contributed by atoms with Gasteiger partial charge in [0.15, 0.2) is 5.76 Å². The van der Waals surface area contributed by atoms with Crippen LogP contribution in [0, 0.1) is 0 Å². The molecule has 2 aromatic rings. The van der Waals surface area contributed by atoms with Gasteiger partial charge < -0.3 is 9.26 Å². The number of rotatable bonds is 7. The summed E-state index contributed by atoms with van der Waals surface area (Å²) in [5.74, 6) is 0.498. The lowest BCUT2D eigenvalue weighted by molar-refractivity contribution is -0.142. The fraction of sp³-hybridized carbons (Fsp3) is 0.375. The standard InChI is InChI=1S/C16H20N2O3/c1-3-9-18(12-16(19)20-2)11-14-10-15(17-21-14)13-7-5-4-6-8-13/h4-8,10H,3,9,11-12H2,1-2H3. The van der Waals surface area contributed by atoms with Crippen molar-refractivity contribution in [1.82, 2.24) is 10.1 Å². The molecule has 0 aliphatic rings. The molecule has 1 aromatic heterocycles. The van der Waals surface area contributed by atoms with Crippen molar-refractivity contribution in [3.8, 4) is 11.3 Å². The summed E-state index contributed by atoms with van der Waals surface area (Å²) in [4.78, 5) is 13.4. The second kappa shape index (κ2) is 7.59. The van der Waals surface area contributed by atoms with E-state index in [-0.39, 0.29) is 12.5 Å². The van der Waals surface area contributed by atoms with E-state index in [0.29, 0.717) is 6.54 Å². The first kappa shape index (κ1) is 15.3. The first-order valence-electron chi connectivity index (χ1n) is 7.03. The van der Waals surface area contributed by atoms with Crippen LogP contribution in [-0.4, -0.2) is 36.2 Å². The van der Waals surface area contributed by atoms with Crippen LogP contribution in [-0.2, 0) is 16.1 Å². The first-order valence-corrected chi connectivity index (χ1v) is 7.03. The van der Waals surface area contributed by atoms with Crippen molar-refractivity contribution in [2.45, 2.75) is 19.9 Å². The third kappa shape index (κ3) is 4.43. The minimum absolute atomic E-state index is 0.244. The fourth-order valence-corrected chi connectivity index (χ4v) is 2.13. The van der Waals surface area contributed by atoms with Gasteiger partial charge in [-0.15, -0.1) is 0 Å². The lowest BCUT2D eigenvalue weighted by Gasteiger charge is -2.18. The highest BCUT2D eigenvalue weighted by molar-refractivity contribution is 5.71. The van der Waals surface area contributed by atoms with Crippen molar-refractivity contribution >= 4 is 5.97 Å². The molecule has 0 radical (unpaired) electrons. The summed E-state index contributed by atoms with van der Waals surface area (Å²) in [6.45, 7) is 3.67. The molecule has 1 aromatic carbocycles. The average Bonchev–Trinajstić information content (AvgIpc) is 2.97. The highest BCUT2D eigenvalue weighted by Crippen LogP contribution is 2.19. The maximum Gasteiger partial charge on any atom is 0.319 e. The zero-order chi connectivity index (χ0) is 15.1. The van der Waals surface area contributed by atoms with E-state index >= 15 is 0 Å². The van der Waals surface area contributed by atoms with E-state index in [2.05, 4.69) is 12.1 Å². The first-order chi connectivity index (χ1) is 10.2. The summed E-state index contributed by atoms with van der Waals surface area (Å²) < 4.78 is 10.1. The Balaban J connectivity index is 2.04. The quantitative estimate of drug-likeness (QED) is 0.733. The second-order valence-electron chi connectivity index (χ2n) is 4.83. The SMILES string of the molecule is CCCN(CC(=O)OC)Cc1cc(-c2ccccc2)no1. The number of aromatic nitrogens is 1. The van der Waals surface area contributed by atoms with E-state index in [9.17, 15) is 4.79 Å². The summed E-state index contributed by atoms with van der Waals surface area (Å²) in [5, 5.41) is 4.08. The molecule has 0 atom stereocenters. The Kier molecular flexibility index (Phi) is 5.51. The Morgan fingerprint density at radius 3 is 2.76 bits per heavy atom. The van der Waals surface area contributed by atoms with Crippen LogP contribution < -0.4 is 0 Å². The van der Waals surface area contributed by atoms with Gasteiger partial charge in [0.2, 0.25) is 0 Å². The largest absolute Gasteiger partial charge is 0.468 e. The Bertz CT molecular complexity index is 566. The maximum atomic E-state index is 11.4. The van der Waals surface area contributed by atoms with Gasteiger partial charge in [0, 0.05) is 11.6 Å². The molecule has 5 heteroatoms. The number of ether oxygens (including phenoxy) is 1. The smallest absolute Gasteiger partial charge is 0.319 e. The topological polar surface area (TPSA) is 55.6 Å². The van der Waals surface area contributed by atoms with Crippen LogP contribution in [0.15, 0.2) is 40.9 Å². The van der Waals surface area contributed by atoms with Crippen LogP contribution in [0.3, 0.4) is 0 Å². The third-order valence-corrected chi connectivity index (χ3v) is 3.13. The van der Waals surface area contributed by atoms with Gasteiger partial charge in [-0.05, 0) is 13.0 Å². The Morgan fingerprint density at radius 1 is 1.33 bits per heavy atom. The van der Waals surface area contributed by atoms with Crippen LogP contribution in [0.2, 0.25) is 0 Å². The van der Waals surface area contributed by atoms with Gasteiger partial charge in [-0.1, -0.05) is 42.4 Å². The van der Waals surface area contributed by atoms with Gasteiger partial charge in [0.25, 0.3) is 0 Å². The number of carbonyl (C=O) groups excluding carboxylic acids is 1. The highest BCUT2D eigenvalue weighted by atomic mass is 16.5. The monoisotopic (exact) mass is 288 g/mol. The minimum atomic E-state index is -0.244. The molecule has 0 saturated heterocycles. The van der Waals surface area contributed by atoms with Crippen molar-refractivity contribution in [1.29, 1.82) is 0 Å². The lowest BCUT2D eigenvalue weighted by Crippen LogP contribution is -2.30. The van der Waals surface area contributed by atoms with E-state index < -0.39 is 0 Å². The lowest BCUT2D eigenvalue weighted by atomic mass is 10.1. The predicted octanol–water partition coefficient (Wildman–Crippen LogP) is 2.73. The maximum absolute atomic E-state index is 11.4. The van der Waals surface area contributed by atoms with E-state index in [1.807, 2.05) is 41.3 Å². The van der Waals surface area contributed by atoms with Crippen LogP contribution in [0.25, 0.3) is 11.3 Å². The molecule has 0 bridgehead atoms. The van der Waals surface area contributed by atoms with Gasteiger partial charge in [0.1, 0.15) is 5.69 Å². The molecule has 0 amide bonds. The second-order valence-corrected chi connectivity index (χ2v) is 4.83. The van der Waals surface area contributed by atoms with Crippen LogP contribution in [0.5, 0.6) is 0 Å². The summed E-state index contributed by atoms with van der Waals surface area (Å²) >= 11 is 0. The van der Waals surface area contributed by atoms with Crippen molar-refractivity contribution in [2.75, 3.05) is 20.2 Å². The molecular weight excluding hydrogens is 268 g/mol. The van der Waals surface area contributed by atoms with Crippen LogP contribution in [0.1, 0.15) is 19.1 Å².